The van der Waals surface area contributed by atoms with E-state index in [4.69, 9.17) is 0 Å². The van der Waals surface area contributed by atoms with Gasteiger partial charge in [-0.1, -0.05) is 6.07 Å². The largest absolute Gasteiger partial charge is 0.391 e. The highest BCUT2D eigenvalue weighted by atomic mass is 16.2. The van der Waals surface area contributed by atoms with Gasteiger partial charge in [-0.05, 0) is 49.4 Å². The summed E-state index contributed by atoms with van der Waals surface area (Å²) in [5, 5.41) is 5.40. The Hall–Kier alpha value is -3.00. The van der Waals surface area contributed by atoms with Gasteiger partial charge in [-0.2, -0.15) is 0 Å². The number of nitrogens with one attached hydrogen (secondary N) is 2. The summed E-state index contributed by atoms with van der Waals surface area (Å²) >= 11 is 0. The topological polar surface area (TPSA) is 98.8 Å². The van der Waals surface area contributed by atoms with Gasteiger partial charge in [0.05, 0.1) is 11.1 Å². The normalized spacial score (nSPS) is 21.7. The fourth-order valence-electron chi connectivity index (χ4n) is 3.98. The zero-order valence-electron chi connectivity index (χ0n) is 15.7. The van der Waals surface area contributed by atoms with Gasteiger partial charge >= 0.3 is 0 Å². The Kier molecular flexibility index (Phi) is 4.72. The van der Waals surface area contributed by atoms with Crippen LogP contribution in [0.1, 0.15) is 45.5 Å². The maximum Gasteiger partial charge on any atom is 0.262 e. The molecule has 3 heterocycles. The van der Waals surface area contributed by atoms with Gasteiger partial charge in [0.15, 0.2) is 0 Å². The van der Waals surface area contributed by atoms with E-state index in [1.165, 1.54) is 5.57 Å². The number of carbonyl (C=O) groups is 4. The molecule has 0 bridgehead atoms. The Morgan fingerprint density at radius 2 is 1.86 bits per heavy atom. The lowest BCUT2D eigenvalue weighted by atomic mass is 10.0. The monoisotopic (exact) mass is 382 g/mol. The molecule has 0 aliphatic carbocycles. The smallest absolute Gasteiger partial charge is 0.262 e. The Morgan fingerprint density at radius 3 is 2.57 bits per heavy atom. The van der Waals surface area contributed by atoms with Crippen LogP contribution in [0.4, 0.5) is 0 Å². The molecule has 1 aromatic carbocycles. The fraction of sp³-hybridized carbons (Fsp3) is 0.400. The van der Waals surface area contributed by atoms with Gasteiger partial charge in [0.1, 0.15) is 6.04 Å². The van der Waals surface area contributed by atoms with E-state index < -0.39 is 23.8 Å². The SMILES string of the molecule is CN(CC1=CNCC1)Cc1ccc2c(c1)C(=O)N(C1CCC(=O)NC1=O)C2=O. The van der Waals surface area contributed by atoms with Crippen molar-refractivity contribution in [1.29, 1.82) is 0 Å². The second-order valence-corrected chi connectivity index (χ2v) is 7.51. The van der Waals surface area contributed by atoms with Crippen LogP contribution in [0.15, 0.2) is 30.0 Å². The summed E-state index contributed by atoms with van der Waals surface area (Å²) in [6, 6.07) is 4.30. The highest BCUT2D eigenvalue weighted by Crippen LogP contribution is 2.28. The molecule has 2 N–H and O–H groups in total. The number of fused-ring (bicyclic) bond motifs is 1. The van der Waals surface area contributed by atoms with Gasteiger partial charge in [0.2, 0.25) is 11.8 Å². The predicted octanol–water partition coefficient (Wildman–Crippen LogP) is 0.397. The number of piperidine rings is 1. The number of carbonyl (C=O) groups excluding carboxylic acids is 4. The molecule has 8 nitrogen and oxygen atoms in total. The number of benzene rings is 1. The first-order chi connectivity index (χ1) is 13.4. The van der Waals surface area contributed by atoms with Gasteiger partial charge in [0.25, 0.3) is 11.8 Å². The average molecular weight is 382 g/mol. The van der Waals surface area contributed by atoms with Crippen LogP contribution in [-0.2, 0) is 16.1 Å². The third kappa shape index (κ3) is 3.31. The number of imide groups is 2. The van der Waals surface area contributed by atoms with Crippen molar-refractivity contribution in [3.8, 4) is 0 Å². The minimum atomic E-state index is -0.932. The summed E-state index contributed by atoms with van der Waals surface area (Å²) in [6.45, 7) is 2.44. The number of hydrogen-bond donors (Lipinski definition) is 2. The van der Waals surface area contributed by atoms with Gasteiger partial charge < -0.3 is 5.32 Å². The maximum atomic E-state index is 12.9. The lowest BCUT2D eigenvalue weighted by Gasteiger charge is -2.27. The van der Waals surface area contributed by atoms with Gasteiger partial charge in [0, 0.05) is 26.1 Å². The molecule has 1 fully saturated rings. The molecule has 3 aliphatic rings. The van der Waals surface area contributed by atoms with Crippen LogP contribution in [0.2, 0.25) is 0 Å². The molecule has 1 atom stereocenters. The summed E-state index contributed by atoms with van der Waals surface area (Å²) in [6.07, 6.45) is 3.35. The highest BCUT2D eigenvalue weighted by Gasteiger charge is 2.44. The molecule has 0 spiro atoms. The second-order valence-electron chi connectivity index (χ2n) is 7.51. The van der Waals surface area contributed by atoms with Crippen molar-refractivity contribution in [2.45, 2.75) is 31.8 Å². The number of rotatable bonds is 5. The quantitative estimate of drug-likeness (QED) is 0.715. The van der Waals surface area contributed by atoms with E-state index >= 15 is 0 Å². The molecule has 146 valence electrons. The number of hydrogen-bond acceptors (Lipinski definition) is 6. The molecular formula is C20H22N4O4. The van der Waals surface area contributed by atoms with Crippen LogP contribution in [0.5, 0.6) is 0 Å². The molecule has 0 saturated carbocycles. The molecule has 4 amide bonds. The molecule has 1 aromatic rings. The summed E-state index contributed by atoms with van der Waals surface area (Å²) in [4.78, 5) is 52.2. The Labute approximate surface area is 162 Å². The minimum absolute atomic E-state index is 0.116. The van der Waals surface area contributed by atoms with E-state index in [1.807, 2.05) is 19.3 Å². The summed E-state index contributed by atoms with van der Waals surface area (Å²) < 4.78 is 0. The van der Waals surface area contributed by atoms with Crippen LogP contribution >= 0.6 is 0 Å². The molecule has 28 heavy (non-hydrogen) atoms. The lowest BCUT2D eigenvalue weighted by molar-refractivity contribution is -0.136. The number of likely N-dealkylation sites (N-methyl/N-ethyl adjacent to an activating group) is 1. The molecule has 1 saturated heterocycles. The van der Waals surface area contributed by atoms with Crippen LogP contribution < -0.4 is 10.6 Å². The average Bonchev–Trinajstić information content (AvgIpc) is 3.23. The first-order valence-corrected chi connectivity index (χ1v) is 9.38. The summed E-state index contributed by atoms with van der Waals surface area (Å²) in [5.74, 6) is -1.92. The maximum absolute atomic E-state index is 12.9. The van der Waals surface area contributed by atoms with Crippen LogP contribution in [0, 0.1) is 0 Å². The first kappa shape index (κ1) is 18.4. The van der Waals surface area contributed by atoms with Gasteiger partial charge in [-0.25, -0.2) is 0 Å². The van der Waals surface area contributed by atoms with E-state index in [9.17, 15) is 19.2 Å². The van der Waals surface area contributed by atoms with Crippen molar-refractivity contribution < 1.29 is 19.2 Å². The molecular weight excluding hydrogens is 360 g/mol. The van der Waals surface area contributed by atoms with E-state index in [1.54, 1.807) is 12.1 Å². The fourth-order valence-corrected chi connectivity index (χ4v) is 3.98. The van der Waals surface area contributed by atoms with Crippen molar-refractivity contribution in [1.82, 2.24) is 20.4 Å². The zero-order valence-corrected chi connectivity index (χ0v) is 15.7. The minimum Gasteiger partial charge on any atom is -0.391 e. The third-order valence-corrected chi connectivity index (χ3v) is 5.33. The van der Waals surface area contributed by atoms with Crippen LogP contribution in [-0.4, -0.2) is 59.6 Å². The van der Waals surface area contributed by atoms with Crippen LogP contribution in [0.3, 0.4) is 0 Å². The number of amides is 4. The van der Waals surface area contributed by atoms with E-state index in [0.29, 0.717) is 17.7 Å². The van der Waals surface area contributed by atoms with E-state index in [0.717, 1.165) is 30.0 Å². The Bertz CT molecular complexity index is 907. The second kappa shape index (κ2) is 7.20. The first-order valence-electron chi connectivity index (χ1n) is 9.38. The van der Waals surface area contributed by atoms with Crippen molar-refractivity contribution >= 4 is 23.6 Å². The number of nitrogens with zero attached hydrogens (tertiary/aromatic N) is 2. The third-order valence-electron chi connectivity index (χ3n) is 5.33. The van der Waals surface area contributed by atoms with Crippen molar-refractivity contribution in [3.05, 3.63) is 46.7 Å². The van der Waals surface area contributed by atoms with Gasteiger partial charge in [-0.3, -0.25) is 34.3 Å². The molecule has 0 aromatic heterocycles. The predicted molar refractivity (Wildman–Crippen MR) is 100 cm³/mol. The van der Waals surface area contributed by atoms with E-state index in [2.05, 4.69) is 15.5 Å². The zero-order chi connectivity index (χ0) is 19.8. The van der Waals surface area contributed by atoms with Crippen molar-refractivity contribution in [2.75, 3.05) is 20.1 Å². The lowest BCUT2D eigenvalue weighted by Crippen LogP contribution is -2.54. The van der Waals surface area contributed by atoms with Crippen molar-refractivity contribution in [2.24, 2.45) is 0 Å². The molecule has 3 aliphatic heterocycles. The van der Waals surface area contributed by atoms with E-state index in [-0.39, 0.29) is 18.7 Å². The molecule has 8 heteroatoms. The van der Waals surface area contributed by atoms with Crippen molar-refractivity contribution in [3.63, 3.8) is 0 Å². The van der Waals surface area contributed by atoms with Gasteiger partial charge in [-0.15, -0.1) is 0 Å². The Morgan fingerprint density at radius 1 is 1.07 bits per heavy atom. The van der Waals surface area contributed by atoms with Crippen LogP contribution in [0.25, 0.3) is 0 Å². The Balaban J connectivity index is 1.50. The standard InChI is InChI=1S/C20H22N4O4/c1-23(11-13-6-7-21-9-13)10-12-2-3-14-15(8-12)20(28)24(19(14)27)16-4-5-17(25)22-18(16)26/h2-3,8-9,16,21H,4-7,10-11H2,1H3,(H,22,25,26). The molecule has 4 rings (SSSR count). The highest BCUT2D eigenvalue weighted by molar-refractivity contribution is 6.23. The summed E-state index contributed by atoms with van der Waals surface area (Å²) in [7, 11) is 2.01. The summed E-state index contributed by atoms with van der Waals surface area (Å²) in [5.41, 5.74) is 2.89. The molecule has 1 unspecified atom stereocenters. The molecule has 0 radical (unpaired) electrons.